The highest BCUT2D eigenvalue weighted by Gasteiger charge is 2.09. The molecule has 0 aliphatic carbocycles. The lowest BCUT2D eigenvalue weighted by Crippen LogP contribution is -2.14. The number of methoxy groups -OCH3 is 1. The van der Waals surface area contributed by atoms with E-state index in [0.717, 1.165) is 11.1 Å². The maximum atomic E-state index is 12.2. The Hall–Kier alpha value is -3.22. The summed E-state index contributed by atoms with van der Waals surface area (Å²) >= 11 is 0. The summed E-state index contributed by atoms with van der Waals surface area (Å²) in [4.78, 5) is 12.2. The van der Waals surface area contributed by atoms with Crippen LogP contribution in [-0.4, -0.2) is 33.6 Å². The molecule has 0 atom stereocenters. The van der Waals surface area contributed by atoms with E-state index in [1.165, 1.54) is 0 Å². The van der Waals surface area contributed by atoms with Crippen LogP contribution in [0.15, 0.2) is 48.5 Å². The molecule has 1 aromatic heterocycles. The molecule has 3 rings (SSSR count). The first-order valence-corrected chi connectivity index (χ1v) is 7.02. The summed E-state index contributed by atoms with van der Waals surface area (Å²) < 4.78 is 5.25. The van der Waals surface area contributed by atoms with Gasteiger partial charge in [-0.15, -0.1) is 10.2 Å². The van der Waals surface area contributed by atoms with Gasteiger partial charge in [-0.1, -0.05) is 18.2 Å². The number of anilines is 1. The zero-order valence-corrected chi connectivity index (χ0v) is 12.5. The van der Waals surface area contributed by atoms with Crippen molar-refractivity contribution in [3.05, 3.63) is 54.1 Å². The van der Waals surface area contributed by atoms with Gasteiger partial charge in [-0.05, 0) is 35.5 Å². The molecule has 2 N–H and O–H groups in total. The molecule has 23 heavy (non-hydrogen) atoms. The molecule has 0 saturated heterocycles. The Morgan fingerprint density at radius 1 is 1.17 bits per heavy atom. The van der Waals surface area contributed by atoms with Crippen molar-refractivity contribution in [2.24, 2.45) is 0 Å². The fourth-order valence-corrected chi connectivity index (χ4v) is 2.21. The zero-order chi connectivity index (χ0) is 16.1. The van der Waals surface area contributed by atoms with Gasteiger partial charge in [0.25, 0.3) is 0 Å². The molecule has 0 radical (unpaired) electrons. The van der Waals surface area contributed by atoms with Gasteiger partial charge in [-0.3, -0.25) is 4.79 Å². The van der Waals surface area contributed by atoms with Crippen molar-refractivity contribution in [3.63, 3.8) is 0 Å². The summed E-state index contributed by atoms with van der Waals surface area (Å²) in [6.45, 7) is 0. The van der Waals surface area contributed by atoms with E-state index in [-0.39, 0.29) is 12.3 Å². The second kappa shape index (κ2) is 6.69. The molecule has 7 nitrogen and oxygen atoms in total. The first-order chi connectivity index (χ1) is 11.3. The SMILES string of the molecule is COc1ccccc1CC(=O)Nc1ccc(-c2nn[nH]n2)cc1. The minimum atomic E-state index is -0.109. The number of hydrogen-bond acceptors (Lipinski definition) is 5. The predicted molar refractivity (Wildman–Crippen MR) is 84.9 cm³/mol. The predicted octanol–water partition coefficient (Wildman–Crippen LogP) is 2.06. The molecular weight excluding hydrogens is 294 g/mol. The van der Waals surface area contributed by atoms with Gasteiger partial charge in [0.05, 0.1) is 13.5 Å². The molecule has 0 saturated carbocycles. The van der Waals surface area contributed by atoms with Crippen LogP contribution in [0.4, 0.5) is 5.69 Å². The van der Waals surface area contributed by atoms with E-state index >= 15 is 0 Å². The Morgan fingerprint density at radius 3 is 2.65 bits per heavy atom. The highest BCUT2D eigenvalue weighted by Crippen LogP contribution is 2.20. The number of benzene rings is 2. The van der Waals surface area contributed by atoms with Gasteiger partial charge < -0.3 is 10.1 Å². The molecule has 0 fully saturated rings. The van der Waals surface area contributed by atoms with E-state index in [9.17, 15) is 4.79 Å². The van der Waals surface area contributed by atoms with Crippen LogP contribution < -0.4 is 10.1 Å². The number of nitrogens with zero attached hydrogens (tertiary/aromatic N) is 3. The van der Waals surface area contributed by atoms with E-state index < -0.39 is 0 Å². The molecular formula is C16H15N5O2. The highest BCUT2D eigenvalue weighted by molar-refractivity contribution is 5.92. The normalized spacial score (nSPS) is 10.3. The van der Waals surface area contributed by atoms with Crippen molar-refractivity contribution < 1.29 is 9.53 Å². The lowest BCUT2D eigenvalue weighted by atomic mass is 10.1. The second-order valence-electron chi connectivity index (χ2n) is 4.85. The van der Waals surface area contributed by atoms with Gasteiger partial charge in [0.1, 0.15) is 5.75 Å². The van der Waals surface area contributed by atoms with Crippen LogP contribution in [0.1, 0.15) is 5.56 Å². The number of rotatable bonds is 5. The van der Waals surface area contributed by atoms with Crippen LogP contribution in [0.3, 0.4) is 0 Å². The van der Waals surface area contributed by atoms with Crippen LogP contribution in [-0.2, 0) is 11.2 Å². The molecule has 1 amide bonds. The third-order valence-corrected chi connectivity index (χ3v) is 3.32. The molecule has 0 spiro atoms. The number of amides is 1. The Labute approximate surface area is 132 Å². The lowest BCUT2D eigenvalue weighted by molar-refractivity contribution is -0.115. The van der Waals surface area contributed by atoms with E-state index in [2.05, 4.69) is 25.9 Å². The Balaban J connectivity index is 1.66. The van der Waals surface area contributed by atoms with Gasteiger partial charge in [-0.2, -0.15) is 5.21 Å². The van der Waals surface area contributed by atoms with E-state index in [0.29, 0.717) is 17.3 Å². The van der Waals surface area contributed by atoms with Gasteiger partial charge in [0.2, 0.25) is 11.7 Å². The molecule has 116 valence electrons. The van der Waals surface area contributed by atoms with Crippen molar-refractivity contribution in [1.82, 2.24) is 20.6 Å². The van der Waals surface area contributed by atoms with Crippen molar-refractivity contribution in [3.8, 4) is 17.1 Å². The maximum Gasteiger partial charge on any atom is 0.228 e. The summed E-state index contributed by atoms with van der Waals surface area (Å²) in [6.07, 6.45) is 0.247. The fraction of sp³-hybridized carbons (Fsp3) is 0.125. The minimum absolute atomic E-state index is 0.109. The number of H-pyrrole nitrogens is 1. The van der Waals surface area contributed by atoms with Crippen LogP contribution >= 0.6 is 0 Å². The molecule has 7 heteroatoms. The first-order valence-electron chi connectivity index (χ1n) is 7.02. The Bertz CT molecular complexity index is 784. The van der Waals surface area contributed by atoms with E-state index in [4.69, 9.17) is 4.74 Å². The molecule has 3 aromatic rings. The molecule has 0 aliphatic heterocycles. The summed E-state index contributed by atoms with van der Waals surface area (Å²) in [6, 6.07) is 14.7. The molecule has 0 unspecified atom stereocenters. The molecule has 1 heterocycles. The quantitative estimate of drug-likeness (QED) is 0.752. The minimum Gasteiger partial charge on any atom is -0.496 e. The standard InChI is InChI=1S/C16H15N5O2/c1-23-14-5-3-2-4-12(14)10-15(22)17-13-8-6-11(7-9-13)16-18-20-21-19-16/h2-9H,10H2,1H3,(H,17,22)(H,18,19,20,21). The Kier molecular flexibility index (Phi) is 4.28. The number of aromatic nitrogens is 4. The smallest absolute Gasteiger partial charge is 0.228 e. The molecule has 0 bridgehead atoms. The average molecular weight is 309 g/mol. The number of tetrazole rings is 1. The van der Waals surface area contributed by atoms with Crippen molar-refractivity contribution in [2.75, 3.05) is 12.4 Å². The first kappa shape index (κ1) is 14.7. The third-order valence-electron chi connectivity index (χ3n) is 3.32. The lowest BCUT2D eigenvalue weighted by Gasteiger charge is -2.09. The largest absolute Gasteiger partial charge is 0.496 e. The number of aromatic amines is 1. The van der Waals surface area contributed by atoms with Gasteiger partial charge in [-0.25, -0.2) is 0 Å². The van der Waals surface area contributed by atoms with Crippen LogP contribution in [0.25, 0.3) is 11.4 Å². The molecule has 0 aliphatic rings. The number of ether oxygens (including phenoxy) is 1. The van der Waals surface area contributed by atoms with Crippen molar-refractivity contribution >= 4 is 11.6 Å². The number of nitrogens with one attached hydrogen (secondary N) is 2. The summed E-state index contributed by atoms with van der Waals surface area (Å²) in [5, 5.41) is 16.6. The fourth-order valence-electron chi connectivity index (χ4n) is 2.21. The zero-order valence-electron chi connectivity index (χ0n) is 12.5. The molecule has 2 aromatic carbocycles. The topological polar surface area (TPSA) is 92.8 Å². The van der Waals surface area contributed by atoms with Gasteiger partial charge in [0.15, 0.2) is 0 Å². The van der Waals surface area contributed by atoms with Gasteiger partial charge >= 0.3 is 0 Å². The van der Waals surface area contributed by atoms with E-state index in [1.807, 2.05) is 36.4 Å². The summed E-state index contributed by atoms with van der Waals surface area (Å²) in [7, 11) is 1.59. The number of carbonyl (C=O) groups excluding carboxylic acids is 1. The summed E-state index contributed by atoms with van der Waals surface area (Å²) in [5.41, 5.74) is 2.37. The summed E-state index contributed by atoms with van der Waals surface area (Å²) in [5.74, 6) is 1.11. The van der Waals surface area contributed by atoms with Crippen LogP contribution in [0, 0.1) is 0 Å². The van der Waals surface area contributed by atoms with Crippen molar-refractivity contribution in [1.29, 1.82) is 0 Å². The van der Waals surface area contributed by atoms with Crippen molar-refractivity contribution in [2.45, 2.75) is 6.42 Å². The second-order valence-corrected chi connectivity index (χ2v) is 4.85. The van der Waals surface area contributed by atoms with E-state index in [1.54, 1.807) is 19.2 Å². The average Bonchev–Trinajstić information content (AvgIpc) is 3.10. The Morgan fingerprint density at radius 2 is 1.96 bits per heavy atom. The number of hydrogen-bond donors (Lipinski definition) is 2. The van der Waals surface area contributed by atoms with Crippen LogP contribution in [0.5, 0.6) is 5.75 Å². The third kappa shape index (κ3) is 3.52. The maximum absolute atomic E-state index is 12.2. The van der Waals surface area contributed by atoms with Gasteiger partial charge in [0, 0.05) is 16.8 Å². The number of para-hydroxylation sites is 1. The van der Waals surface area contributed by atoms with Crippen LogP contribution in [0.2, 0.25) is 0 Å². The highest BCUT2D eigenvalue weighted by atomic mass is 16.5. The number of carbonyl (C=O) groups is 1. The monoisotopic (exact) mass is 309 g/mol.